The fraction of sp³-hybridized carbons (Fsp3) is 0.440. The molecule has 1 heterocycles. The maximum atomic E-state index is 12.5. The third-order valence-electron chi connectivity index (χ3n) is 5.08. The smallest absolute Gasteiger partial charge is 0.407 e. The van der Waals surface area contributed by atoms with Crippen LogP contribution in [0.3, 0.4) is 0 Å². The van der Waals surface area contributed by atoms with Gasteiger partial charge in [0.2, 0.25) is 0 Å². The molecule has 172 valence electrons. The van der Waals surface area contributed by atoms with Gasteiger partial charge in [-0.05, 0) is 56.9 Å². The van der Waals surface area contributed by atoms with Gasteiger partial charge in [0.05, 0.1) is 0 Å². The lowest BCUT2D eigenvalue weighted by atomic mass is 10.1. The van der Waals surface area contributed by atoms with E-state index in [0.29, 0.717) is 18.3 Å². The van der Waals surface area contributed by atoms with Crippen molar-refractivity contribution < 1.29 is 14.3 Å². The molecule has 0 aliphatic carbocycles. The Morgan fingerprint density at radius 1 is 0.938 bits per heavy atom. The number of urea groups is 1. The summed E-state index contributed by atoms with van der Waals surface area (Å²) in [5.74, 6) is 0. The molecule has 0 spiro atoms. The van der Waals surface area contributed by atoms with Crippen molar-refractivity contribution in [3.05, 3.63) is 65.7 Å². The van der Waals surface area contributed by atoms with Gasteiger partial charge in [-0.25, -0.2) is 9.59 Å². The number of carbonyl (C=O) groups excluding carboxylic acids is 2. The quantitative estimate of drug-likeness (QED) is 0.630. The van der Waals surface area contributed by atoms with Crippen molar-refractivity contribution in [1.82, 2.24) is 15.5 Å². The van der Waals surface area contributed by atoms with Gasteiger partial charge in [-0.1, -0.05) is 42.5 Å². The van der Waals surface area contributed by atoms with Crippen LogP contribution in [0.25, 0.3) is 0 Å². The van der Waals surface area contributed by atoms with Gasteiger partial charge in [-0.2, -0.15) is 0 Å². The number of hydrogen-bond donors (Lipinski definition) is 2. The Hall–Kier alpha value is -2.67. The van der Waals surface area contributed by atoms with Crippen LogP contribution in [-0.2, 0) is 17.8 Å². The minimum Gasteiger partial charge on any atom is -0.444 e. The van der Waals surface area contributed by atoms with Gasteiger partial charge in [0.25, 0.3) is 0 Å². The van der Waals surface area contributed by atoms with Crippen LogP contribution in [0.1, 0.15) is 44.7 Å². The molecule has 2 N–H and O–H groups in total. The predicted octanol–water partition coefficient (Wildman–Crippen LogP) is 5.18. The second-order valence-corrected chi connectivity index (χ2v) is 10.3. The molecule has 0 bridgehead atoms. The molecule has 3 amide bonds. The van der Waals surface area contributed by atoms with Crippen LogP contribution in [-0.4, -0.2) is 41.0 Å². The van der Waals surface area contributed by atoms with Crippen molar-refractivity contribution >= 4 is 23.9 Å². The highest BCUT2D eigenvalue weighted by atomic mass is 32.2. The van der Waals surface area contributed by atoms with E-state index < -0.39 is 11.7 Å². The topological polar surface area (TPSA) is 70.7 Å². The monoisotopic (exact) mass is 455 g/mol. The molecule has 0 unspecified atom stereocenters. The number of nitrogens with zero attached hydrogens (tertiary/aromatic N) is 1. The van der Waals surface area contributed by atoms with E-state index in [1.807, 2.05) is 67.8 Å². The molecular formula is C25H33N3O3S. The summed E-state index contributed by atoms with van der Waals surface area (Å²) in [5.41, 5.74) is 1.49. The van der Waals surface area contributed by atoms with Crippen molar-refractivity contribution in [2.75, 3.05) is 13.1 Å². The van der Waals surface area contributed by atoms with Crippen LogP contribution < -0.4 is 10.6 Å². The maximum Gasteiger partial charge on any atom is 0.407 e. The fourth-order valence-electron chi connectivity index (χ4n) is 3.42. The van der Waals surface area contributed by atoms with Gasteiger partial charge in [0.15, 0.2) is 0 Å². The number of piperidine rings is 1. The van der Waals surface area contributed by atoms with Gasteiger partial charge < -0.3 is 20.3 Å². The van der Waals surface area contributed by atoms with Crippen LogP contribution in [0.2, 0.25) is 0 Å². The number of ether oxygens (including phenoxy) is 1. The Balaban J connectivity index is 1.36. The number of likely N-dealkylation sites (tertiary alicyclic amines) is 1. The maximum absolute atomic E-state index is 12.5. The van der Waals surface area contributed by atoms with Crippen molar-refractivity contribution in [3.63, 3.8) is 0 Å². The SMILES string of the molecule is CC(C)(C)OC(=O)NCc1ccc(CNC(=O)N2CCC(Sc3ccccc3)CC2)cc1. The van der Waals surface area contributed by atoms with Gasteiger partial charge in [0, 0.05) is 36.3 Å². The van der Waals surface area contributed by atoms with Gasteiger partial charge in [-0.3, -0.25) is 0 Å². The summed E-state index contributed by atoms with van der Waals surface area (Å²) in [4.78, 5) is 27.5. The minimum atomic E-state index is -0.512. The Bertz CT molecular complexity index is 874. The normalized spacial score (nSPS) is 14.7. The Kier molecular flexibility index (Phi) is 8.45. The predicted molar refractivity (Wildman–Crippen MR) is 129 cm³/mol. The number of nitrogens with one attached hydrogen (secondary N) is 2. The lowest BCUT2D eigenvalue weighted by Crippen LogP contribution is -2.44. The first-order valence-corrected chi connectivity index (χ1v) is 12.0. The summed E-state index contributed by atoms with van der Waals surface area (Å²) in [6.45, 7) is 7.96. The van der Waals surface area contributed by atoms with E-state index in [1.165, 1.54) is 4.90 Å². The lowest BCUT2D eigenvalue weighted by molar-refractivity contribution is 0.0523. The molecule has 7 heteroatoms. The molecule has 2 aromatic rings. The molecule has 0 atom stereocenters. The first kappa shape index (κ1) is 24.0. The first-order valence-electron chi connectivity index (χ1n) is 11.1. The molecule has 0 saturated carbocycles. The van der Waals surface area contributed by atoms with Crippen LogP contribution in [0.5, 0.6) is 0 Å². The van der Waals surface area contributed by atoms with Crippen molar-refractivity contribution in [2.45, 2.75) is 62.4 Å². The van der Waals surface area contributed by atoms with Crippen LogP contribution in [0, 0.1) is 0 Å². The fourth-order valence-corrected chi connectivity index (χ4v) is 4.57. The van der Waals surface area contributed by atoms with Crippen molar-refractivity contribution in [2.24, 2.45) is 0 Å². The molecule has 2 aromatic carbocycles. The molecule has 0 aromatic heterocycles. The zero-order chi connectivity index (χ0) is 23.0. The van der Waals surface area contributed by atoms with Crippen LogP contribution in [0.15, 0.2) is 59.5 Å². The molecular weight excluding hydrogens is 422 g/mol. The highest BCUT2D eigenvalue weighted by Gasteiger charge is 2.23. The van der Waals surface area contributed by atoms with E-state index in [4.69, 9.17) is 4.74 Å². The Morgan fingerprint density at radius 2 is 1.50 bits per heavy atom. The van der Waals surface area contributed by atoms with E-state index in [-0.39, 0.29) is 6.03 Å². The summed E-state index contributed by atoms with van der Waals surface area (Å²) in [5, 5.41) is 6.33. The second kappa shape index (κ2) is 11.3. The summed E-state index contributed by atoms with van der Waals surface area (Å²) in [6.07, 6.45) is 1.58. The summed E-state index contributed by atoms with van der Waals surface area (Å²) in [6, 6.07) is 18.3. The van der Waals surface area contributed by atoms with Gasteiger partial charge in [-0.15, -0.1) is 11.8 Å². The molecule has 32 heavy (non-hydrogen) atoms. The summed E-state index contributed by atoms with van der Waals surface area (Å²) < 4.78 is 5.24. The molecule has 1 aliphatic heterocycles. The third kappa shape index (κ3) is 8.11. The molecule has 1 fully saturated rings. The Labute approximate surface area is 195 Å². The first-order chi connectivity index (χ1) is 15.3. The van der Waals surface area contributed by atoms with Crippen LogP contribution in [0.4, 0.5) is 9.59 Å². The van der Waals surface area contributed by atoms with Crippen molar-refractivity contribution in [3.8, 4) is 0 Å². The molecule has 3 rings (SSSR count). The number of carbonyl (C=O) groups is 2. The molecule has 0 radical (unpaired) electrons. The highest BCUT2D eigenvalue weighted by molar-refractivity contribution is 8.00. The van der Waals surface area contributed by atoms with E-state index >= 15 is 0 Å². The van der Waals surface area contributed by atoms with Crippen molar-refractivity contribution in [1.29, 1.82) is 0 Å². The number of hydrogen-bond acceptors (Lipinski definition) is 4. The van der Waals surface area contributed by atoms with E-state index in [0.717, 1.165) is 37.1 Å². The number of benzene rings is 2. The Morgan fingerprint density at radius 3 is 2.06 bits per heavy atom. The third-order valence-corrected chi connectivity index (χ3v) is 6.43. The van der Waals surface area contributed by atoms with Crippen LogP contribution >= 0.6 is 11.8 Å². The zero-order valence-electron chi connectivity index (χ0n) is 19.1. The summed E-state index contributed by atoms with van der Waals surface area (Å²) in [7, 11) is 0. The summed E-state index contributed by atoms with van der Waals surface area (Å²) >= 11 is 1.91. The van der Waals surface area contributed by atoms with Gasteiger partial charge >= 0.3 is 12.1 Å². The average Bonchev–Trinajstić information content (AvgIpc) is 2.77. The number of thioether (sulfide) groups is 1. The zero-order valence-corrected chi connectivity index (χ0v) is 19.9. The minimum absolute atomic E-state index is 0.0103. The van der Waals surface area contributed by atoms with E-state index in [9.17, 15) is 9.59 Å². The second-order valence-electron chi connectivity index (χ2n) is 8.95. The van der Waals surface area contributed by atoms with Gasteiger partial charge in [0.1, 0.15) is 5.60 Å². The number of alkyl carbamates (subject to hydrolysis) is 1. The molecule has 1 saturated heterocycles. The number of amides is 3. The molecule has 1 aliphatic rings. The number of rotatable bonds is 6. The average molecular weight is 456 g/mol. The van der Waals surface area contributed by atoms with E-state index in [2.05, 4.69) is 34.9 Å². The van der Waals surface area contributed by atoms with E-state index in [1.54, 1.807) is 0 Å². The largest absolute Gasteiger partial charge is 0.444 e. The molecule has 6 nitrogen and oxygen atoms in total. The lowest BCUT2D eigenvalue weighted by Gasteiger charge is -2.31. The standard InChI is InChI=1S/C25H33N3O3S/c1-25(2,3)31-24(30)27-18-20-11-9-19(10-12-20)17-26-23(29)28-15-13-22(14-16-28)32-21-7-5-4-6-8-21/h4-12,22H,13-18H2,1-3H3,(H,26,29)(H,27,30). The highest BCUT2D eigenvalue weighted by Crippen LogP contribution is 2.30.